The largest absolute Gasteiger partial charge is 0.288 e. The number of para-hydroxylation sites is 1. The molecule has 1 N–H and O–H groups in total. The minimum atomic E-state index is -0.265. The highest BCUT2D eigenvalue weighted by Gasteiger charge is 2.44. The molecule has 0 radical (unpaired) electrons. The van der Waals surface area contributed by atoms with Crippen molar-refractivity contribution in [2.24, 2.45) is 4.99 Å². The lowest BCUT2D eigenvalue weighted by atomic mass is 9.66. The Balaban J connectivity index is 2.26. The van der Waals surface area contributed by atoms with E-state index in [1.54, 1.807) is 0 Å². The smallest absolute Gasteiger partial charge is 0.141 e. The average Bonchev–Trinajstić information content (AvgIpc) is 2.53. The van der Waals surface area contributed by atoms with Gasteiger partial charge in [-0.05, 0) is 38.5 Å². The number of aliphatic imine (C=N–C) groups is 1. The van der Waals surface area contributed by atoms with E-state index in [1.165, 1.54) is 5.56 Å². The van der Waals surface area contributed by atoms with E-state index in [0.717, 1.165) is 17.1 Å². The van der Waals surface area contributed by atoms with E-state index >= 15 is 0 Å². The van der Waals surface area contributed by atoms with Crippen LogP contribution in [0.5, 0.6) is 0 Å². The van der Waals surface area contributed by atoms with E-state index in [0.29, 0.717) is 5.84 Å². The van der Waals surface area contributed by atoms with Crippen molar-refractivity contribution in [2.45, 2.75) is 45.6 Å². The van der Waals surface area contributed by atoms with Crippen molar-refractivity contribution in [3.63, 3.8) is 0 Å². The topological polar surface area (TPSA) is 39.5 Å². The highest BCUT2D eigenvalue weighted by atomic mass is 15.2. The van der Waals surface area contributed by atoms with Gasteiger partial charge in [-0.3, -0.25) is 15.3 Å². The first-order chi connectivity index (χ1) is 11.3. The number of hydrogen-bond acceptors (Lipinski definition) is 2. The molecule has 1 heterocycles. The average molecular weight is 319 g/mol. The van der Waals surface area contributed by atoms with Gasteiger partial charge in [0.25, 0.3) is 0 Å². The standard InChI is InChI=1S/C21H25N3/c1-15(22)24(16-11-7-6-8-12-16)19-17-13-9-10-14-18(17)20(2,3)21(4,5)23-19/h6-14,22H,1-5H3. The number of nitrogens with zero attached hydrogens (tertiary/aromatic N) is 2. The highest BCUT2D eigenvalue weighted by molar-refractivity contribution is 6.24. The Morgan fingerprint density at radius 2 is 1.50 bits per heavy atom. The van der Waals surface area contributed by atoms with Gasteiger partial charge in [0, 0.05) is 16.7 Å². The number of fused-ring (bicyclic) bond motifs is 1. The van der Waals surface area contributed by atoms with Gasteiger partial charge in [-0.2, -0.15) is 0 Å². The lowest BCUT2D eigenvalue weighted by Gasteiger charge is -2.45. The first-order valence-corrected chi connectivity index (χ1v) is 8.36. The monoisotopic (exact) mass is 319 g/mol. The van der Waals surface area contributed by atoms with Crippen LogP contribution in [-0.4, -0.2) is 17.2 Å². The van der Waals surface area contributed by atoms with E-state index in [9.17, 15) is 0 Å². The van der Waals surface area contributed by atoms with Gasteiger partial charge in [-0.15, -0.1) is 0 Å². The maximum absolute atomic E-state index is 8.34. The van der Waals surface area contributed by atoms with E-state index in [1.807, 2.05) is 48.2 Å². The van der Waals surface area contributed by atoms with Gasteiger partial charge < -0.3 is 0 Å². The number of benzene rings is 2. The van der Waals surface area contributed by atoms with Crippen molar-refractivity contribution in [2.75, 3.05) is 4.90 Å². The summed E-state index contributed by atoms with van der Waals surface area (Å²) < 4.78 is 0. The first kappa shape index (κ1) is 16.4. The molecule has 2 aromatic carbocycles. The Morgan fingerprint density at radius 3 is 2.12 bits per heavy atom. The molecule has 124 valence electrons. The summed E-state index contributed by atoms with van der Waals surface area (Å²) in [6, 6.07) is 18.5. The molecule has 3 nitrogen and oxygen atoms in total. The van der Waals surface area contributed by atoms with Crippen molar-refractivity contribution >= 4 is 17.4 Å². The third-order valence-electron chi connectivity index (χ3n) is 5.32. The van der Waals surface area contributed by atoms with Gasteiger partial charge in [0.2, 0.25) is 0 Å². The van der Waals surface area contributed by atoms with Crippen molar-refractivity contribution in [3.05, 3.63) is 65.7 Å². The molecule has 0 fully saturated rings. The molecule has 0 amide bonds. The Kier molecular flexibility index (Phi) is 3.83. The summed E-state index contributed by atoms with van der Waals surface area (Å²) >= 11 is 0. The summed E-state index contributed by atoms with van der Waals surface area (Å²) in [5.41, 5.74) is 3.01. The fourth-order valence-corrected chi connectivity index (χ4v) is 3.24. The summed E-state index contributed by atoms with van der Waals surface area (Å²) in [5.74, 6) is 1.32. The molecule has 1 aliphatic rings. The Morgan fingerprint density at radius 1 is 0.917 bits per heavy atom. The Bertz CT molecular complexity index is 801. The van der Waals surface area contributed by atoms with Gasteiger partial charge in [0.15, 0.2) is 0 Å². The summed E-state index contributed by atoms with van der Waals surface area (Å²) in [7, 11) is 0. The molecule has 0 spiro atoms. The van der Waals surface area contributed by atoms with Crippen molar-refractivity contribution < 1.29 is 0 Å². The van der Waals surface area contributed by atoms with Crippen LogP contribution in [0.25, 0.3) is 0 Å². The highest BCUT2D eigenvalue weighted by Crippen LogP contribution is 2.43. The van der Waals surface area contributed by atoms with Gasteiger partial charge in [-0.25, -0.2) is 0 Å². The zero-order valence-electron chi connectivity index (χ0n) is 15.1. The second-order valence-electron chi connectivity index (χ2n) is 7.42. The molecule has 3 heteroatoms. The maximum Gasteiger partial charge on any atom is 0.141 e. The van der Waals surface area contributed by atoms with Crippen LogP contribution in [0.4, 0.5) is 5.69 Å². The number of amidine groups is 2. The molecule has 0 atom stereocenters. The summed E-state index contributed by atoms with van der Waals surface area (Å²) in [4.78, 5) is 7.05. The molecule has 0 aromatic heterocycles. The van der Waals surface area contributed by atoms with Crippen LogP contribution in [0.1, 0.15) is 45.7 Å². The Hall–Kier alpha value is -2.42. The number of anilines is 1. The molecule has 3 rings (SSSR count). The second kappa shape index (κ2) is 5.59. The van der Waals surface area contributed by atoms with Crippen molar-refractivity contribution in [3.8, 4) is 0 Å². The van der Waals surface area contributed by atoms with E-state index < -0.39 is 0 Å². The van der Waals surface area contributed by atoms with Crippen LogP contribution >= 0.6 is 0 Å². The second-order valence-corrected chi connectivity index (χ2v) is 7.42. The van der Waals surface area contributed by atoms with Gasteiger partial charge in [0.1, 0.15) is 11.7 Å². The third kappa shape index (κ3) is 2.44. The Labute approximate surface area is 144 Å². The molecule has 0 unspecified atom stereocenters. The molecular formula is C21H25N3. The van der Waals surface area contributed by atoms with E-state index in [4.69, 9.17) is 10.4 Å². The predicted molar refractivity (Wildman–Crippen MR) is 102 cm³/mol. The molecule has 2 aromatic rings. The predicted octanol–water partition coefficient (Wildman–Crippen LogP) is 5.01. The van der Waals surface area contributed by atoms with Gasteiger partial charge >= 0.3 is 0 Å². The zero-order chi connectivity index (χ0) is 17.5. The van der Waals surface area contributed by atoms with Crippen LogP contribution in [0.15, 0.2) is 59.6 Å². The number of nitrogens with one attached hydrogen (secondary N) is 1. The molecule has 0 saturated heterocycles. The summed E-state index contributed by atoms with van der Waals surface area (Å²) in [5, 5.41) is 8.34. The molecule has 0 saturated carbocycles. The van der Waals surface area contributed by atoms with Gasteiger partial charge in [-0.1, -0.05) is 56.3 Å². The quantitative estimate of drug-likeness (QED) is 0.582. The summed E-state index contributed by atoms with van der Waals surface area (Å²) in [6.07, 6.45) is 0. The maximum atomic E-state index is 8.34. The number of hydrogen-bond donors (Lipinski definition) is 1. The van der Waals surface area contributed by atoms with Crippen LogP contribution in [0.2, 0.25) is 0 Å². The van der Waals surface area contributed by atoms with E-state index in [2.05, 4.69) is 45.9 Å². The molecule has 0 bridgehead atoms. The van der Waals surface area contributed by atoms with Crippen LogP contribution < -0.4 is 4.90 Å². The van der Waals surface area contributed by atoms with Crippen LogP contribution in [0.3, 0.4) is 0 Å². The molecular weight excluding hydrogens is 294 g/mol. The molecule has 0 aliphatic carbocycles. The SMILES string of the molecule is CC(=N)N(C1=NC(C)(C)C(C)(C)c2ccccc21)c1ccccc1. The lowest BCUT2D eigenvalue weighted by Crippen LogP contribution is -2.50. The minimum absolute atomic E-state index is 0.0780. The summed E-state index contributed by atoms with van der Waals surface area (Å²) in [6.45, 7) is 10.6. The molecule has 1 aliphatic heterocycles. The third-order valence-corrected chi connectivity index (χ3v) is 5.32. The number of rotatable bonds is 1. The fourth-order valence-electron chi connectivity index (χ4n) is 3.24. The van der Waals surface area contributed by atoms with E-state index in [-0.39, 0.29) is 11.0 Å². The van der Waals surface area contributed by atoms with Crippen LogP contribution in [-0.2, 0) is 5.41 Å². The first-order valence-electron chi connectivity index (χ1n) is 8.36. The van der Waals surface area contributed by atoms with Crippen molar-refractivity contribution in [1.29, 1.82) is 5.41 Å². The van der Waals surface area contributed by atoms with Crippen LogP contribution in [0, 0.1) is 5.41 Å². The lowest BCUT2D eigenvalue weighted by molar-refractivity contribution is 0.303. The minimum Gasteiger partial charge on any atom is -0.288 e. The normalized spacial score (nSPS) is 17.6. The fraction of sp³-hybridized carbons (Fsp3) is 0.333. The van der Waals surface area contributed by atoms with Gasteiger partial charge in [0.05, 0.1) is 5.54 Å². The van der Waals surface area contributed by atoms with Crippen molar-refractivity contribution in [1.82, 2.24) is 0 Å². The zero-order valence-corrected chi connectivity index (χ0v) is 15.1. The molecule has 24 heavy (non-hydrogen) atoms.